The molecule has 71 heavy (non-hydrogen) atoms. The zero-order valence-electron chi connectivity index (χ0n) is 43.2. The molecule has 3 heterocycles. The molecule has 3 aliphatic heterocycles. The number of carbonyl (C=O) groups excluding carboxylic acids is 1. The van der Waals surface area contributed by atoms with Gasteiger partial charge < -0.3 is 89.9 Å². The summed E-state index contributed by atoms with van der Waals surface area (Å²) in [5.41, 5.74) is 0. The number of hydrogen-bond donors (Lipinski definition) is 12. The van der Waals surface area contributed by atoms with Crippen molar-refractivity contribution in [3.63, 3.8) is 0 Å². The number of amides is 1. The molecule has 17 unspecified atom stereocenters. The summed E-state index contributed by atoms with van der Waals surface area (Å²) in [6.45, 7) is 1.74. The van der Waals surface area contributed by atoms with Gasteiger partial charge in [0.15, 0.2) is 18.9 Å². The first-order valence-corrected chi connectivity index (χ1v) is 27.8. The number of nitrogens with one attached hydrogen (secondary N) is 1. The molecular weight excluding hydrogens is 927 g/mol. The van der Waals surface area contributed by atoms with Crippen molar-refractivity contribution in [2.75, 3.05) is 26.4 Å². The molecule has 17 atom stereocenters. The molecule has 19 heteroatoms. The lowest BCUT2D eigenvalue weighted by molar-refractivity contribution is -0.379. The number of rotatable bonds is 40. The van der Waals surface area contributed by atoms with Gasteiger partial charge in [0.05, 0.1) is 38.6 Å². The SMILES string of the molecule is CCCCCCCCCCCCCCCCCCCCC(O)C(COC1OC(CO)C(OC2OC(CO)C(OC3OC(CO)C(O)C(O)C3O)C(O)C2O)C(O)C1O)NC(=O)CCCCCCCCCC. The van der Waals surface area contributed by atoms with Gasteiger partial charge in [-0.1, -0.05) is 174 Å². The van der Waals surface area contributed by atoms with Crippen LogP contribution in [-0.2, 0) is 33.2 Å². The van der Waals surface area contributed by atoms with E-state index in [4.69, 9.17) is 28.4 Å². The Morgan fingerprint density at radius 3 is 1.23 bits per heavy atom. The third kappa shape index (κ3) is 22.9. The van der Waals surface area contributed by atoms with Crippen LogP contribution < -0.4 is 5.32 Å². The summed E-state index contributed by atoms with van der Waals surface area (Å²) in [6.07, 6.45) is 5.08. The van der Waals surface area contributed by atoms with Gasteiger partial charge in [0.25, 0.3) is 0 Å². The minimum absolute atomic E-state index is 0.247. The largest absolute Gasteiger partial charge is 0.394 e. The predicted molar refractivity (Wildman–Crippen MR) is 264 cm³/mol. The van der Waals surface area contributed by atoms with E-state index in [2.05, 4.69) is 19.2 Å². The number of aliphatic hydroxyl groups excluding tert-OH is 11. The van der Waals surface area contributed by atoms with Gasteiger partial charge in [-0.05, 0) is 12.8 Å². The fraction of sp³-hybridized carbons (Fsp3) is 0.981. The quantitative estimate of drug-likeness (QED) is 0.0392. The highest BCUT2D eigenvalue weighted by atomic mass is 16.8. The molecule has 0 saturated carbocycles. The van der Waals surface area contributed by atoms with Gasteiger partial charge in [-0.25, -0.2) is 0 Å². The lowest BCUT2D eigenvalue weighted by Gasteiger charge is -2.48. The zero-order valence-corrected chi connectivity index (χ0v) is 43.2. The van der Waals surface area contributed by atoms with Crippen molar-refractivity contribution >= 4 is 5.91 Å². The van der Waals surface area contributed by atoms with E-state index in [9.17, 15) is 61.0 Å². The molecule has 0 bridgehead atoms. The molecule has 0 aromatic heterocycles. The number of hydrogen-bond acceptors (Lipinski definition) is 18. The van der Waals surface area contributed by atoms with Crippen molar-refractivity contribution in [2.45, 2.75) is 298 Å². The maximum absolute atomic E-state index is 13.2. The molecule has 0 spiro atoms. The average Bonchev–Trinajstić information content (AvgIpc) is 3.36. The van der Waals surface area contributed by atoms with Crippen LogP contribution in [0.2, 0.25) is 0 Å². The minimum atomic E-state index is -1.97. The monoisotopic (exact) mass is 1030 g/mol. The van der Waals surface area contributed by atoms with Crippen molar-refractivity contribution in [3.8, 4) is 0 Å². The van der Waals surface area contributed by atoms with Gasteiger partial charge in [-0.3, -0.25) is 4.79 Å². The van der Waals surface area contributed by atoms with Crippen LogP contribution in [0.3, 0.4) is 0 Å². The van der Waals surface area contributed by atoms with E-state index in [1.165, 1.54) is 116 Å². The molecule has 0 aromatic carbocycles. The normalized spacial score (nSPS) is 32.2. The molecular formula is C52H99NO18. The highest BCUT2D eigenvalue weighted by molar-refractivity contribution is 5.76. The summed E-state index contributed by atoms with van der Waals surface area (Å²) in [7, 11) is 0. The van der Waals surface area contributed by atoms with E-state index < -0.39 is 124 Å². The minimum Gasteiger partial charge on any atom is -0.394 e. The summed E-state index contributed by atoms with van der Waals surface area (Å²) in [5, 5.41) is 120. The number of aliphatic hydroxyl groups is 11. The Morgan fingerprint density at radius 2 is 0.803 bits per heavy atom. The van der Waals surface area contributed by atoms with Crippen molar-refractivity contribution in [1.82, 2.24) is 5.32 Å². The number of carbonyl (C=O) groups is 1. The van der Waals surface area contributed by atoms with E-state index in [1.54, 1.807) is 0 Å². The lowest BCUT2D eigenvalue weighted by atomic mass is 9.96. The van der Waals surface area contributed by atoms with Crippen LogP contribution in [0.4, 0.5) is 0 Å². The second-order valence-corrected chi connectivity index (χ2v) is 20.4. The molecule has 3 aliphatic rings. The number of unbranched alkanes of at least 4 members (excludes halogenated alkanes) is 24. The van der Waals surface area contributed by atoms with Crippen LogP contribution in [0, 0.1) is 0 Å². The Bertz CT molecular complexity index is 1320. The summed E-state index contributed by atoms with van der Waals surface area (Å²) in [4.78, 5) is 13.2. The van der Waals surface area contributed by atoms with Crippen LogP contribution in [-0.4, -0.2) is 193 Å². The molecule has 3 saturated heterocycles. The maximum atomic E-state index is 13.2. The Morgan fingerprint density at radius 1 is 0.451 bits per heavy atom. The lowest BCUT2D eigenvalue weighted by Crippen LogP contribution is -2.66. The first kappa shape index (κ1) is 64.1. The first-order chi connectivity index (χ1) is 34.3. The highest BCUT2D eigenvalue weighted by Crippen LogP contribution is 2.33. The van der Waals surface area contributed by atoms with E-state index in [-0.39, 0.29) is 18.9 Å². The van der Waals surface area contributed by atoms with Gasteiger partial charge >= 0.3 is 0 Å². The summed E-state index contributed by atoms with van der Waals surface area (Å²) < 4.78 is 34.2. The molecule has 0 aromatic rings. The van der Waals surface area contributed by atoms with Crippen molar-refractivity contribution < 1.29 is 89.4 Å². The first-order valence-electron chi connectivity index (χ1n) is 27.8. The molecule has 420 valence electrons. The van der Waals surface area contributed by atoms with E-state index in [0.717, 1.165) is 44.9 Å². The summed E-state index contributed by atoms with van der Waals surface area (Å²) in [6, 6.07) is -0.877. The van der Waals surface area contributed by atoms with Crippen LogP contribution in [0.1, 0.15) is 194 Å². The topological polar surface area (TPSA) is 307 Å². The molecule has 0 radical (unpaired) electrons. The van der Waals surface area contributed by atoms with Crippen molar-refractivity contribution in [2.24, 2.45) is 0 Å². The third-order valence-electron chi connectivity index (χ3n) is 14.4. The van der Waals surface area contributed by atoms with Gasteiger partial charge in [-0.2, -0.15) is 0 Å². The average molecular weight is 1030 g/mol. The third-order valence-corrected chi connectivity index (χ3v) is 14.4. The molecule has 19 nitrogen and oxygen atoms in total. The Labute approximate surface area is 423 Å². The molecule has 0 aliphatic carbocycles. The van der Waals surface area contributed by atoms with Crippen LogP contribution in [0.25, 0.3) is 0 Å². The van der Waals surface area contributed by atoms with Crippen molar-refractivity contribution in [3.05, 3.63) is 0 Å². The Hall–Kier alpha value is -1.21. The van der Waals surface area contributed by atoms with Gasteiger partial charge in [0.1, 0.15) is 73.2 Å². The van der Waals surface area contributed by atoms with Crippen LogP contribution in [0.15, 0.2) is 0 Å². The Kier molecular flexibility index (Phi) is 33.9. The smallest absolute Gasteiger partial charge is 0.220 e. The molecule has 3 fully saturated rings. The number of ether oxygens (including phenoxy) is 6. The predicted octanol–water partition coefficient (Wildman–Crippen LogP) is 3.26. The zero-order chi connectivity index (χ0) is 52.0. The molecule has 3 rings (SSSR count). The van der Waals surface area contributed by atoms with Crippen molar-refractivity contribution in [1.29, 1.82) is 0 Å². The molecule has 1 amide bonds. The van der Waals surface area contributed by atoms with E-state index in [1.807, 2.05) is 0 Å². The maximum Gasteiger partial charge on any atom is 0.220 e. The second-order valence-electron chi connectivity index (χ2n) is 20.4. The van der Waals surface area contributed by atoms with Crippen LogP contribution >= 0.6 is 0 Å². The van der Waals surface area contributed by atoms with Gasteiger partial charge in [-0.15, -0.1) is 0 Å². The standard InChI is InChI=1S/C52H99NO18/c1-3-5-7-9-11-13-14-15-16-17-18-19-20-21-22-23-25-27-29-36(57)35(53-40(58)30-28-26-24-12-10-8-6-4-2)34-66-50-46(64)43(61)48(38(32-55)68-50)71-52-47(65)44(62)49(39(33-56)69-52)70-51-45(63)42(60)41(59)37(31-54)67-51/h35-39,41-52,54-57,59-65H,3-34H2,1-2H3,(H,53,58). The summed E-state index contributed by atoms with van der Waals surface area (Å²) >= 11 is 0. The molecule has 12 N–H and O–H groups in total. The van der Waals surface area contributed by atoms with Crippen LogP contribution in [0.5, 0.6) is 0 Å². The van der Waals surface area contributed by atoms with E-state index in [0.29, 0.717) is 12.8 Å². The summed E-state index contributed by atoms with van der Waals surface area (Å²) in [5.74, 6) is -0.247. The van der Waals surface area contributed by atoms with Gasteiger partial charge in [0, 0.05) is 6.42 Å². The highest BCUT2D eigenvalue weighted by Gasteiger charge is 2.53. The fourth-order valence-corrected chi connectivity index (χ4v) is 9.78. The Balaban J connectivity index is 1.50. The van der Waals surface area contributed by atoms with Gasteiger partial charge in [0.2, 0.25) is 5.91 Å². The second kappa shape index (κ2) is 37.5. The van der Waals surface area contributed by atoms with E-state index >= 15 is 0 Å². The fourth-order valence-electron chi connectivity index (χ4n) is 9.78.